The maximum absolute atomic E-state index is 13.6. The van der Waals surface area contributed by atoms with Crippen LogP contribution in [0.2, 0.25) is 10.0 Å². The van der Waals surface area contributed by atoms with Crippen molar-refractivity contribution in [1.82, 2.24) is 19.9 Å². The predicted molar refractivity (Wildman–Crippen MR) is 117 cm³/mol. The van der Waals surface area contributed by atoms with Gasteiger partial charge in [0.25, 0.3) is 5.91 Å². The Hall–Kier alpha value is -2.50. The van der Waals surface area contributed by atoms with E-state index in [1.165, 1.54) is 0 Å². The van der Waals surface area contributed by atoms with E-state index in [9.17, 15) is 4.79 Å². The number of piperidine rings is 1. The molecule has 30 heavy (non-hydrogen) atoms. The standard InChI is InChI=1S/C23H20Cl2N4O/c1-13-27-21(18-9-2-3-11-26-18)16-12-14-6-4-10-19(22(16)28-13)29(14)23(30)15-7-5-8-17(24)20(15)25/h2-3,5,7-9,11,14,19H,4,6,10,12H2,1H3/t14-,19+/m0/s1. The number of benzene rings is 1. The third kappa shape index (κ3) is 3.17. The van der Waals surface area contributed by atoms with E-state index in [0.29, 0.717) is 27.9 Å². The van der Waals surface area contributed by atoms with Crippen LogP contribution in [-0.4, -0.2) is 31.8 Å². The normalized spacial score (nSPS) is 20.0. The first-order chi connectivity index (χ1) is 14.5. The number of amides is 1. The second kappa shape index (κ2) is 7.64. The Kier molecular flexibility index (Phi) is 4.95. The van der Waals surface area contributed by atoms with Gasteiger partial charge in [-0.2, -0.15) is 0 Å². The Bertz CT molecular complexity index is 1140. The molecule has 2 atom stereocenters. The molecule has 0 aliphatic carbocycles. The summed E-state index contributed by atoms with van der Waals surface area (Å²) in [6.07, 6.45) is 5.35. The Balaban J connectivity index is 1.63. The summed E-state index contributed by atoms with van der Waals surface area (Å²) >= 11 is 12.6. The number of pyridine rings is 1. The lowest BCUT2D eigenvalue weighted by molar-refractivity contribution is 0.0389. The molecule has 0 N–H and O–H groups in total. The average molecular weight is 439 g/mol. The number of carbonyl (C=O) groups is 1. The van der Waals surface area contributed by atoms with Crippen molar-refractivity contribution in [3.63, 3.8) is 0 Å². The highest BCUT2D eigenvalue weighted by molar-refractivity contribution is 6.43. The molecule has 0 saturated carbocycles. The van der Waals surface area contributed by atoms with Crippen LogP contribution in [0.5, 0.6) is 0 Å². The monoisotopic (exact) mass is 438 g/mol. The first kappa shape index (κ1) is 19.5. The molecule has 1 fully saturated rings. The molecule has 0 spiro atoms. The smallest absolute Gasteiger partial charge is 0.256 e. The number of nitrogens with zero attached hydrogens (tertiary/aromatic N) is 4. The van der Waals surface area contributed by atoms with E-state index >= 15 is 0 Å². The highest BCUT2D eigenvalue weighted by atomic mass is 35.5. The van der Waals surface area contributed by atoms with Crippen molar-refractivity contribution in [2.75, 3.05) is 0 Å². The molecule has 0 unspecified atom stereocenters. The number of fused-ring (bicyclic) bond motifs is 4. The third-order valence-corrected chi connectivity index (χ3v) is 6.79. The molecule has 2 aromatic heterocycles. The minimum absolute atomic E-state index is 0.0765. The SMILES string of the molecule is Cc1nc(-c2ccccn2)c2c(n1)[C@H]1CCC[C@@H](C2)N1C(=O)c1cccc(Cl)c1Cl. The van der Waals surface area contributed by atoms with Crippen molar-refractivity contribution >= 4 is 29.1 Å². The van der Waals surface area contributed by atoms with Crippen molar-refractivity contribution in [1.29, 1.82) is 0 Å². The summed E-state index contributed by atoms with van der Waals surface area (Å²) in [6.45, 7) is 1.89. The minimum atomic E-state index is -0.0980. The molecular weight excluding hydrogens is 419 g/mol. The van der Waals surface area contributed by atoms with E-state index in [0.717, 1.165) is 41.9 Å². The first-order valence-electron chi connectivity index (χ1n) is 10.1. The van der Waals surface area contributed by atoms with E-state index in [1.54, 1.807) is 24.4 Å². The van der Waals surface area contributed by atoms with Gasteiger partial charge < -0.3 is 4.90 Å². The molecule has 0 radical (unpaired) electrons. The third-order valence-electron chi connectivity index (χ3n) is 5.97. The van der Waals surface area contributed by atoms with Crippen LogP contribution in [0, 0.1) is 6.92 Å². The molecule has 2 aliphatic heterocycles. The number of halogens is 2. The van der Waals surface area contributed by atoms with Crippen molar-refractivity contribution in [3.8, 4) is 11.4 Å². The van der Waals surface area contributed by atoms with Crippen LogP contribution in [0.3, 0.4) is 0 Å². The zero-order chi connectivity index (χ0) is 20.8. The van der Waals surface area contributed by atoms with Gasteiger partial charge in [0.2, 0.25) is 0 Å². The Morgan fingerprint density at radius 2 is 1.97 bits per heavy atom. The molecule has 7 heteroatoms. The first-order valence-corrected chi connectivity index (χ1v) is 10.9. The molecule has 5 rings (SSSR count). The summed E-state index contributed by atoms with van der Waals surface area (Å²) in [5, 5.41) is 0.696. The highest BCUT2D eigenvalue weighted by Gasteiger charge is 2.43. The predicted octanol–water partition coefficient (Wildman–Crippen LogP) is 5.45. The van der Waals surface area contributed by atoms with Crippen molar-refractivity contribution in [2.24, 2.45) is 0 Å². The summed E-state index contributed by atoms with van der Waals surface area (Å²) in [7, 11) is 0. The van der Waals surface area contributed by atoms with Gasteiger partial charge in [0, 0.05) is 17.8 Å². The van der Waals surface area contributed by atoms with Gasteiger partial charge in [-0.05, 0) is 56.9 Å². The van der Waals surface area contributed by atoms with Gasteiger partial charge in [-0.1, -0.05) is 35.3 Å². The summed E-state index contributed by atoms with van der Waals surface area (Å²) in [5.74, 6) is 0.602. The molecule has 152 valence electrons. The fraction of sp³-hybridized carbons (Fsp3) is 0.304. The number of hydrogen-bond donors (Lipinski definition) is 0. The number of hydrogen-bond acceptors (Lipinski definition) is 4. The largest absolute Gasteiger partial charge is 0.327 e. The van der Waals surface area contributed by atoms with Crippen LogP contribution < -0.4 is 0 Å². The van der Waals surface area contributed by atoms with Crippen LogP contribution in [0.15, 0.2) is 42.6 Å². The van der Waals surface area contributed by atoms with Gasteiger partial charge in [0.15, 0.2) is 0 Å². The summed E-state index contributed by atoms with van der Waals surface area (Å²) in [4.78, 5) is 29.6. The van der Waals surface area contributed by atoms with E-state index in [2.05, 4.69) is 4.98 Å². The van der Waals surface area contributed by atoms with E-state index < -0.39 is 0 Å². The molecule has 4 heterocycles. The number of aromatic nitrogens is 3. The van der Waals surface area contributed by atoms with Gasteiger partial charge in [0.05, 0.1) is 38.7 Å². The fourth-order valence-electron chi connectivity index (χ4n) is 4.71. The van der Waals surface area contributed by atoms with Gasteiger partial charge in [0.1, 0.15) is 5.82 Å². The Labute approximate surface area is 185 Å². The summed E-state index contributed by atoms with van der Waals surface area (Å²) in [6, 6.07) is 11.0. The van der Waals surface area contributed by atoms with Crippen LogP contribution in [0.1, 0.15) is 52.7 Å². The van der Waals surface area contributed by atoms with E-state index in [1.807, 2.05) is 30.0 Å². The lowest BCUT2D eigenvalue weighted by Gasteiger charge is -2.46. The lowest BCUT2D eigenvalue weighted by Crippen LogP contribution is -2.50. The van der Waals surface area contributed by atoms with E-state index in [4.69, 9.17) is 33.2 Å². The molecule has 2 bridgehead atoms. The molecule has 5 nitrogen and oxygen atoms in total. The Morgan fingerprint density at radius 1 is 1.10 bits per heavy atom. The second-order valence-corrected chi connectivity index (χ2v) is 8.60. The molecule has 2 aliphatic rings. The second-order valence-electron chi connectivity index (χ2n) is 7.82. The maximum atomic E-state index is 13.6. The summed E-state index contributed by atoms with van der Waals surface area (Å²) < 4.78 is 0. The molecular formula is C23H20Cl2N4O. The summed E-state index contributed by atoms with van der Waals surface area (Å²) in [5.41, 5.74) is 4.21. The zero-order valence-corrected chi connectivity index (χ0v) is 18.0. The highest BCUT2D eigenvalue weighted by Crippen LogP contribution is 2.44. The average Bonchev–Trinajstić information content (AvgIpc) is 2.76. The number of rotatable bonds is 2. The van der Waals surface area contributed by atoms with Gasteiger partial charge in [-0.25, -0.2) is 9.97 Å². The van der Waals surface area contributed by atoms with Gasteiger partial charge in [-0.15, -0.1) is 0 Å². The lowest BCUT2D eigenvalue weighted by atomic mass is 9.81. The molecule has 1 saturated heterocycles. The number of carbonyl (C=O) groups excluding carboxylic acids is 1. The van der Waals surface area contributed by atoms with Gasteiger partial charge >= 0.3 is 0 Å². The van der Waals surface area contributed by atoms with Crippen molar-refractivity contribution < 1.29 is 4.79 Å². The zero-order valence-electron chi connectivity index (χ0n) is 16.5. The van der Waals surface area contributed by atoms with Crippen LogP contribution in [-0.2, 0) is 6.42 Å². The van der Waals surface area contributed by atoms with Crippen LogP contribution in [0.4, 0.5) is 0 Å². The van der Waals surface area contributed by atoms with Crippen molar-refractivity contribution in [3.05, 3.63) is 75.3 Å². The number of aryl methyl sites for hydroxylation is 1. The topological polar surface area (TPSA) is 59.0 Å². The molecule has 3 aromatic rings. The fourth-order valence-corrected chi connectivity index (χ4v) is 5.09. The Morgan fingerprint density at radius 3 is 2.77 bits per heavy atom. The molecule has 1 aromatic carbocycles. The van der Waals surface area contributed by atoms with Gasteiger partial charge in [-0.3, -0.25) is 9.78 Å². The maximum Gasteiger partial charge on any atom is 0.256 e. The minimum Gasteiger partial charge on any atom is -0.327 e. The quantitative estimate of drug-likeness (QED) is 0.533. The van der Waals surface area contributed by atoms with Crippen LogP contribution >= 0.6 is 23.2 Å². The van der Waals surface area contributed by atoms with Crippen LogP contribution in [0.25, 0.3) is 11.4 Å². The molecule has 1 amide bonds. The van der Waals surface area contributed by atoms with E-state index in [-0.39, 0.29) is 18.0 Å². The van der Waals surface area contributed by atoms with Crippen molar-refractivity contribution in [2.45, 2.75) is 44.7 Å².